The zero-order valence-electron chi connectivity index (χ0n) is 10.1. The Morgan fingerprint density at radius 1 is 1.15 bits per heavy atom. The normalized spacial score (nSPS) is 10.3. The Bertz CT molecular complexity index is 656. The Morgan fingerprint density at radius 3 is 2.60 bits per heavy atom. The highest BCUT2D eigenvalue weighted by Crippen LogP contribution is 2.22. The van der Waals surface area contributed by atoms with Gasteiger partial charge < -0.3 is 9.84 Å². The number of aromatic carboxylic acids is 1. The van der Waals surface area contributed by atoms with Gasteiger partial charge in [0.1, 0.15) is 23.7 Å². The van der Waals surface area contributed by atoms with Gasteiger partial charge in [-0.05, 0) is 18.2 Å². The van der Waals surface area contributed by atoms with Crippen LogP contribution in [0.5, 0.6) is 5.75 Å². The topological polar surface area (TPSA) is 46.5 Å². The molecule has 1 N–H and O–H groups in total. The second-order valence-corrected chi connectivity index (χ2v) is 3.95. The lowest BCUT2D eigenvalue weighted by Gasteiger charge is -2.10. The molecule has 104 valence electrons. The number of ether oxygens (including phenoxy) is 1. The van der Waals surface area contributed by atoms with Crippen LogP contribution in [0.3, 0.4) is 0 Å². The van der Waals surface area contributed by atoms with Crippen LogP contribution in [0.1, 0.15) is 15.9 Å². The lowest BCUT2D eigenvalue weighted by atomic mass is 10.2. The molecule has 0 spiro atoms. The van der Waals surface area contributed by atoms with Crippen molar-refractivity contribution in [3.05, 3.63) is 65.0 Å². The fourth-order valence-electron chi connectivity index (χ4n) is 1.61. The van der Waals surface area contributed by atoms with E-state index in [2.05, 4.69) is 0 Å². The van der Waals surface area contributed by atoms with E-state index >= 15 is 0 Å². The van der Waals surface area contributed by atoms with Crippen molar-refractivity contribution in [3.8, 4) is 5.75 Å². The van der Waals surface area contributed by atoms with Crippen LogP contribution in [0.2, 0.25) is 0 Å². The van der Waals surface area contributed by atoms with E-state index in [1.807, 2.05) is 0 Å². The number of hydrogen-bond acceptors (Lipinski definition) is 2. The number of hydrogen-bond donors (Lipinski definition) is 1. The molecule has 0 heterocycles. The van der Waals surface area contributed by atoms with Gasteiger partial charge in [0.05, 0.1) is 0 Å². The lowest BCUT2D eigenvalue weighted by molar-refractivity contribution is 0.0691. The molecule has 6 heteroatoms. The van der Waals surface area contributed by atoms with Crippen molar-refractivity contribution in [1.29, 1.82) is 0 Å². The van der Waals surface area contributed by atoms with E-state index in [9.17, 15) is 18.0 Å². The van der Waals surface area contributed by atoms with Crippen LogP contribution in [-0.2, 0) is 6.61 Å². The minimum atomic E-state index is -1.31. The number of rotatable bonds is 4. The van der Waals surface area contributed by atoms with Crippen LogP contribution in [0.4, 0.5) is 13.2 Å². The smallest absolute Gasteiger partial charge is 0.339 e. The zero-order valence-corrected chi connectivity index (χ0v) is 10.1. The Kier molecular flexibility index (Phi) is 3.93. The van der Waals surface area contributed by atoms with Gasteiger partial charge >= 0.3 is 5.97 Å². The molecule has 0 saturated heterocycles. The maximum absolute atomic E-state index is 13.4. The lowest BCUT2D eigenvalue weighted by Crippen LogP contribution is -2.05. The standard InChI is InChI=1S/C14H9F3O3/c15-9-4-5-10(14(18)19)12(6-9)20-7-8-2-1-3-11(16)13(8)17/h1-6H,7H2,(H,18,19). The molecule has 0 radical (unpaired) electrons. The molecule has 0 bridgehead atoms. The summed E-state index contributed by atoms with van der Waals surface area (Å²) in [7, 11) is 0. The molecule has 2 aromatic rings. The molecule has 0 fully saturated rings. The Morgan fingerprint density at radius 2 is 1.90 bits per heavy atom. The molecule has 0 unspecified atom stereocenters. The summed E-state index contributed by atoms with van der Waals surface area (Å²) < 4.78 is 44.5. The molecule has 0 aliphatic heterocycles. The van der Waals surface area contributed by atoms with E-state index in [1.54, 1.807) is 0 Å². The number of carbonyl (C=O) groups is 1. The van der Waals surface area contributed by atoms with Gasteiger partial charge in [-0.15, -0.1) is 0 Å². The summed E-state index contributed by atoms with van der Waals surface area (Å²) in [5, 5.41) is 8.92. The maximum Gasteiger partial charge on any atom is 0.339 e. The number of halogens is 3. The van der Waals surface area contributed by atoms with E-state index in [4.69, 9.17) is 9.84 Å². The van der Waals surface area contributed by atoms with Gasteiger partial charge in [-0.2, -0.15) is 0 Å². The fraction of sp³-hybridized carbons (Fsp3) is 0.0714. The molecular formula is C14H9F3O3. The average molecular weight is 282 g/mol. The van der Waals surface area contributed by atoms with Gasteiger partial charge in [0.15, 0.2) is 11.6 Å². The first-order chi connectivity index (χ1) is 9.49. The zero-order chi connectivity index (χ0) is 14.7. The first kappa shape index (κ1) is 13.9. The van der Waals surface area contributed by atoms with Crippen LogP contribution >= 0.6 is 0 Å². The molecule has 0 saturated carbocycles. The van der Waals surface area contributed by atoms with Crippen molar-refractivity contribution in [2.75, 3.05) is 0 Å². The summed E-state index contributed by atoms with van der Waals surface area (Å²) in [5.74, 6) is -4.37. The number of carboxylic acid groups (broad SMARTS) is 1. The molecular weight excluding hydrogens is 273 g/mol. The van der Waals surface area contributed by atoms with E-state index < -0.39 is 30.0 Å². The second kappa shape index (κ2) is 5.64. The van der Waals surface area contributed by atoms with Crippen molar-refractivity contribution < 1.29 is 27.8 Å². The Labute approximate surface area is 112 Å². The summed E-state index contributed by atoms with van der Waals surface area (Å²) >= 11 is 0. The molecule has 0 aliphatic rings. The van der Waals surface area contributed by atoms with Gasteiger partial charge in [-0.25, -0.2) is 18.0 Å². The maximum atomic E-state index is 13.4. The third kappa shape index (κ3) is 2.90. The minimum absolute atomic E-state index is 0.0920. The van der Waals surface area contributed by atoms with Gasteiger partial charge in [-0.3, -0.25) is 0 Å². The molecule has 2 rings (SSSR count). The third-order valence-electron chi connectivity index (χ3n) is 2.59. The second-order valence-electron chi connectivity index (χ2n) is 3.95. The fourth-order valence-corrected chi connectivity index (χ4v) is 1.61. The monoisotopic (exact) mass is 282 g/mol. The van der Waals surface area contributed by atoms with Crippen molar-refractivity contribution in [1.82, 2.24) is 0 Å². The minimum Gasteiger partial charge on any atom is -0.488 e. The van der Waals surface area contributed by atoms with E-state index in [1.165, 1.54) is 12.1 Å². The molecule has 0 aromatic heterocycles. The highest BCUT2D eigenvalue weighted by atomic mass is 19.2. The predicted molar refractivity (Wildman–Crippen MR) is 64.0 cm³/mol. The quantitative estimate of drug-likeness (QED) is 0.935. The Hall–Kier alpha value is -2.50. The van der Waals surface area contributed by atoms with Crippen LogP contribution in [0.25, 0.3) is 0 Å². The van der Waals surface area contributed by atoms with Crippen molar-refractivity contribution >= 4 is 5.97 Å². The molecule has 2 aromatic carbocycles. The molecule has 3 nitrogen and oxygen atoms in total. The molecule has 20 heavy (non-hydrogen) atoms. The number of benzene rings is 2. The molecule has 0 aliphatic carbocycles. The highest BCUT2D eigenvalue weighted by molar-refractivity contribution is 5.90. The summed E-state index contributed by atoms with van der Waals surface area (Å²) in [6.45, 7) is -0.409. The summed E-state index contributed by atoms with van der Waals surface area (Å²) in [6, 6.07) is 6.41. The van der Waals surface area contributed by atoms with E-state index in [0.717, 1.165) is 24.3 Å². The summed E-state index contributed by atoms with van der Waals surface area (Å²) in [6.07, 6.45) is 0. The van der Waals surface area contributed by atoms with Crippen molar-refractivity contribution in [2.45, 2.75) is 6.61 Å². The highest BCUT2D eigenvalue weighted by Gasteiger charge is 2.14. The Balaban J connectivity index is 2.24. The van der Waals surface area contributed by atoms with Crippen molar-refractivity contribution in [3.63, 3.8) is 0 Å². The van der Waals surface area contributed by atoms with Crippen molar-refractivity contribution in [2.24, 2.45) is 0 Å². The average Bonchev–Trinajstić information content (AvgIpc) is 2.40. The summed E-state index contributed by atoms with van der Waals surface area (Å²) in [5.41, 5.74) is -0.353. The first-order valence-electron chi connectivity index (χ1n) is 5.57. The summed E-state index contributed by atoms with van der Waals surface area (Å²) in [4.78, 5) is 10.9. The third-order valence-corrected chi connectivity index (χ3v) is 2.59. The van der Waals surface area contributed by atoms with Gasteiger partial charge in [0.25, 0.3) is 0 Å². The SMILES string of the molecule is O=C(O)c1ccc(F)cc1OCc1cccc(F)c1F. The first-order valence-corrected chi connectivity index (χ1v) is 5.57. The van der Waals surface area contributed by atoms with Gasteiger partial charge in [0, 0.05) is 11.6 Å². The van der Waals surface area contributed by atoms with Gasteiger partial charge in [0.2, 0.25) is 0 Å². The van der Waals surface area contributed by atoms with Crippen LogP contribution in [0, 0.1) is 17.5 Å². The molecule has 0 atom stereocenters. The number of carboxylic acids is 1. The van der Waals surface area contributed by atoms with Crippen LogP contribution in [0.15, 0.2) is 36.4 Å². The molecule has 0 amide bonds. The van der Waals surface area contributed by atoms with Crippen LogP contribution in [-0.4, -0.2) is 11.1 Å². The largest absolute Gasteiger partial charge is 0.488 e. The van der Waals surface area contributed by atoms with E-state index in [-0.39, 0.29) is 16.9 Å². The van der Waals surface area contributed by atoms with Gasteiger partial charge in [-0.1, -0.05) is 12.1 Å². The van der Waals surface area contributed by atoms with Crippen LogP contribution < -0.4 is 4.74 Å². The predicted octanol–water partition coefficient (Wildman–Crippen LogP) is 3.38. The van der Waals surface area contributed by atoms with E-state index in [0.29, 0.717) is 0 Å².